The summed E-state index contributed by atoms with van der Waals surface area (Å²) < 4.78 is 3.55. The van der Waals surface area contributed by atoms with Crippen LogP contribution in [0.2, 0.25) is 0 Å². The van der Waals surface area contributed by atoms with E-state index in [1.54, 1.807) is 22.0 Å². The molecule has 6 nitrogen and oxygen atoms in total. The fourth-order valence-electron chi connectivity index (χ4n) is 3.48. The van der Waals surface area contributed by atoms with Crippen molar-refractivity contribution >= 4 is 0 Å². The zero-order chi connectivity index (χ0) is 19.5. The third-order valence-corrected chi connectivity index (χ3v) is 5.50. The number of rotatable bonds is 0. The fourth-order valence-corrected chi connectivity index (χ4v) is 3.48. The number of hydrogen-bond donors (Lipinski definition) is 0. The summed E-state index contributed by atoms with van der Waals surface area (Å²) in [6, 6.07) is 19.0. The number of hydrogen-bond acceptors (Lipinski definition) is 4. The molecule has 1 aliphatic heterocycles. The van der Waals surface area contributed by atoms with Crippen molar-refractivity contribution in [3.8, 4) is 11.4 Å². The minimum Gasteiger partial charge on any atom is -0.245 e. The molecule has 0 amide bonds. The van der Waals surface area contributed by atoms with Crippen LogP contribution in [-0.4, -0.2) is 29.5 Å². The van der Waals surface area contributed by atoms with Gasteiger partial charge in [-0.1, -0.05) is 27.7 Å². The van der Waals surface area contributed by atoms with E-state index in [2.05, 4.69) is 49.8 Å². The largest absolute Gasteiger partial charge is 2.00 e. The van der Waals surface area contributed by atoms with Crippen molar-refractivity contribution in [2.75, 3.05) is 0 Å². The standard InChI is InChI=1S/C22H20N6.Pt/c1-21(2)15-7-5-9-17(11-15)28-14-24-20(26-28)22(3,4)16-8-6-10-18(12-16)27-13-23-19(21)25-27;/h5-10,13-14H,1-4H3;/q-2;+2. The second-order valence-corrected chi connectivity index (χ2v) is 8.17. The Kier molecular flexibility index (Phi) is 4.58. The van der Waals surface area contributed by atoms with Gasteiger partial charge in [0.1, 0.15) is 12.7 Å². The molecule has 0 radical (unpaired) electrons. The van der Waals surface area contributed by atoms with Gasteiger partial charge in [-0.3, -0.25) is 0 Å². The maximum atomic E-state index is 4.76. The van der Waals surface area contributed by atoms with Crippen LogP contribution in [0.15, 0.2) is 49.1 Å². The summed E-state index contributed by atoms with van der Waals surface area (Å²) in [5.41, 5.74) is 2.85. The van der Waals surface area contributed by atoms with Crippen LogP contribution in [0, 0.1) is 12.1 Å². The maximum absolute atomic E-state index is 4.76. The normalized spacial score (nSPS) is 15.9. The molecule has 0 saturated carbocycles. The van der Waals surface area contributed by atoms with Gasteiger partial charge in [0.15, 0.2) is 11.6 Å². The molecular formula is C22H20N6Pt. The van der Waals surface area contributed by atoms with Crippen LogP contribution < -0.4 is 0 Å². The molecule has 29 heavy (non-hydrogen) atoms. The number of nitrogens with zero attached hydrogens (tertiary/aromatic N) is 6. The van der Waals surface area contributed by atoms with E-state index in [9.17, 15) is 0 Å². The molecule has 0 atom stereocenters. The van der Waals surface area contributed by atoms with Crippen LogP contribution in [0.3, 0.4) is 0 Å². The second kappa shape index (κ2) is 6.74. The van der Waals surface area contributed by atoms with Gasteiger partial charge in [-0.2, -0.15) is 46.6 Å². The Morgan fingerprint density at radius 1 is 0.690 bits per heavy atom. The molecule has 5 rings (SSSR count). The smallest absolute Gasteiger partial charge is 0.245 e. The number of benzene rings is 2. The minimum atomic E-state index is -0.411. The predicted octanol–water partition coefficient (Wildman–Crippen LogP) is 3.41. The van der Waals surface area contributed by atoms with Gasteiger partial charge in [0.25, 0.3) is 0 Å². The third kappa shape index (κ3) is 3.06. The maximum Gasteiger partial charge on any atom is 2.00 e. The molecule has 4 aromatic rings. The molecule has 3 heterocycles. The van der Waals surface area contributed by atoms with Crippen molar-refractivity contribution in [3.05, 3.63) is 84.0 Å². The molecule has 0 unspecified atom stereocenters. The van der Waals surface area contributed by atoms with Gasteiger partial charge in [-0.15, -0.1) is 23.3 Å². The summed E-state index contributed by atoms with van der Waals surface area (Å²) in [5.74, 6) is 1.46. The van der Waals surface area contributed by atoms with Gasteiger partial charge >= 0.3 is 21.1 Å². The van der Waals surface area contributed by atoms with E-state index in [0.717, 1.165) is 34.2 Å². The molecule has 8 bridgehead atoms. The first kappa shape index (κ1) is 19.7. The summed E-state index contributed by atoms with van der Waals surface area (Å²) in [4.78, 5) is 9.19. The summed E-state index contributed by atoms with van der Waals surface area (Å²) in [6.07, 6.45) is 3.49. The van der Waals surface area contributed by atoms with Crippen LogP contribution >= 0.6 is 0 Å². The van der Waals surface area contributed by atoms with Crippen molar-refractivity contribution in [2.45, 2.75) is 38.5 Å². The van der Waals surface area contributed by atoms with Crippen LogP contribution in [0.4, 0.5) is 0 Å². The van der Waals surface area contributed by atoms with E-state index in [1.165, 1.54) is 0 Å². The van der Waals surface area contributed by atoms with Gasteiger partial charge in [0.05, 0.1) is 0 Å². The Morgan fingerprint density at radius 2 is 1.10 bits per heavy atom. The Labute approximate surface area is 184 Å². The predicted molar refractivity (Wildman–Crippen MR) is 105 cm³/mol. The topological polar surface area (TPSA) is 61.4 Å². The molecule has 0 spiro atoms. The van der Waals surface area contributed by atoms with Crippen molar-refractivity contribution in [1.82, 2.24) is 29.5 Å². The van der Waals surface area contributed by atoms with Crippen LogP contribution in [0.25, 0.3) is 11.4 Å². The van der Waals surface area contributed by atoms with Crippen molar-refractivity contribution in [1.29, 1.82) is 0 Å². The third-order valence-electron chi connectivity index (χ3n) is 5.50. The molecule has 0 saturated heterocycles. The van der Waals surface area contributed by atoms with Crippen LogP contribution in [0.5, 0.6) is 0 Å². The molecule has 0 aliphatic carbocycles. The first-order chi connectivity index (χ1) is 13.4. The molecule has 0 N–H and O–H groups in total. The Balaban J connectivity index is 0.00000205. The Bertz CT molecular complexity index is 1090. The summed E-state index contributed by atoms with van der Waals surface area (Å²) >= 11 is 0. The first-order valence-electron chi connectivity index (χ1n) is 9.26. The zero-order valence-corrected chi connectivity index (χ0v) is 18.9. The molecular weight excluding hydrogens is 543 g/mol. The van der Waals surface area contributed by atoms with E-state index < -0.39 is 10.8 Å². The summed E-state index contributed by atoms with van der Waals surface area (Å²) in [7, 11) is 0. The van der Waals surface area contributed by atoms with Crippen molar-refractivity contribution in [2.24, 2.45) is 0 Å². The van der Waals surface area contributed by atoms with Crippen LogP contribution in [0.1, 0.15) is 50.5 Å². The van der Waals surface area contributed by atoms with Gasteiger partial charge in [0, 0.05) is 10.8 Å². The van der Waals surface area contributed by atoms with E-state index in [4.69, 9.17) is 10.2 Å². The zero-order valence-electron chi connectivity index (χ0n) is 16.6. The molecule has 0 fully saturated rings. The second-order valence-electron chi connectivity index (χ2n) is 8.17. The molecule has 2 aromatic heterocycles. The number of aromatic nitrogens is 6. The minimum absolute atomic E-state index is 0. The monoisotopic (exact) mass is 563 g/mol. The first-order valence-corrected chi connectivity index (χ1v) is 9.26. The van der Waals surface area contributed by atoms with Crippen molar-refractivity contribution in [3.63, 3.8) is 0 Å². The average Bonchev–Trinajstić information content (AvgIpc) is 3.38. The van der Waals surface area contributed by atoms with Gasteiger partial charge < -0.3 is 0 Å². The van der Waals surface area contributed by atoms with Crippen LogP contribution in [-0.2, 0) is 31.9 Å². The Hall–Kier alpha value is -2.59. The average molecular weight is 564 g/mol. The molecule has 148 valence electrons. The summed E-state index contributed by atoms with van der Waals surface area (Å²) in [6.45, 7) is 8.41. The molecule has 1 aliphatic rings. The van der Waals surface area contributed by atoms with E-state index >= 15 is 0 Å². The van der Waals surface area contributed by atoms with Gasteiger partial charge in [0.2, 0.25) is 0 Å². The molecule has 2 aromatic carbocycles. The summed E-state index contributed by atoms with van der Waals surface area (Å²) in [5, 5.41) is 9.52. The van der Waals surface area contributed by atoms with E-state index in [1.807, 2.05) is 36.4 Å². The number of fused-ring (bicyclic) bond motifs is 10. The SMILES string of the molecule is CC1(C)c2[c-]c(ccc2)-n2cnc(n2)C(C)(C)c2[c-]c(ccc2)-n2cnc1n2.[Pt+2]. The Morgan fingerprint density at radius 3 is 1.52 bits per heavy atom. The van der Waals surface area contributed by atoms with Crippen molar-refractivity contribution < 1.29 is 21.1 Å². The molecule has 7 heteroatoms. The fraction of sp³-hybridized carbons (Fsp3) is 0.273. The quantitative estimate of drug-likeness (QED) is 0.308. The van der Waals surface area contributed by atoms with E-state index in [0.29, 0.717) is 0 Å². The van der Waals surface area contributed by atoms with E-state index in [-0.39, 0.29) is 21.1 Å². The van der Waals surface area contributed by atoms with Gasteiger partial charge in [-0.05, 0) is 11.4 Å². The van der Waals surface area contributed by atoms with Gasteiger partial charge in [-0.25, -0.2) is 19.3 Å².